The lowest BCUT2D eigenvalue weighted by Gasteiger charge is -2.31. The average Bonchev–Trinajstić information content (AvgIpc) is 2.88. The predicted octanol–water partition coefficient (Wildman–Crippen LogP) is 1.57. The summed E-state index contributed by atoms with van der Waals surface area (Å²) < 4.78 is 4.75. The molecule has 1 aromatic rings. The molecule has 1 saturated heterocycles. The number of rotatable bonds is 1. The van der Waals surface area contributed by atoms with Crippen molar-refractivity contribution in [3.63, 3.8) is 0 Å². The Balaban J connectivity index is 2.08. The second kappa shape index (κ2) is 4.01. The highest BCUT2D eigenvalue weighted by Crippen LogP contribution is 2.40. The van der Waals surface area contributed by atoms with E-state index >= 15 is 0 Å². The summed E-state index contributed by atoms with van der Waals surface area (Å²) in [5.74, 6) is 0.265. The molecule has 0 aromatic heterocycles. The molecule has 0 amide bonds. The summed E-state index contributed by atoms with van der Waals surface area (Å²) >= 11 is 0. The van der Waals surface area contributed by atoms with Crippen molar-refractivity contribution in [2.45, 2.75) is 18.9 Å². The van der Waals surface area contributed by atoms with E-state index in [0.717, 1.165) is 30.6 Å². The largest absolute Gasteiger partial charge is 0.465 e. The number of carbonyl (C=O) groups excluding carboxylic acids is 1. The first-order valence-corrected chi connectivity index (χ1v) is 6.04. The van der Waals surface area contributed by atoms with Crippen LogP contribution in [0.15, 0.2) is 23.2 Å². The molecule has 0 unspecified atom stereocenters. The van der Waals surface area contributed by atoms with Gasteiger partial charge in [-0.3, -0.25) is 0 Å². The van der Waals surface area contributed by atoms with E-state index in [1.807, 2.05) is 12.1 Å². The van der Waals surface area contributed by atoms with Crippen molar-refractivity contribution in [2.24, 2.45) is 10.7 Å². The first kappa shape index (κ1) is 11.1. The van der Waals surface area contributed by atoms with E-state index in [4.69, 9.17) is 10.5 Å². The van der Waals surface area contributed by atoms with Crippen LogP contribution in [0.3, 0.4) is 0 Å². The Bertz CT molecular complexity index is 539. The molecule has 18 heavy (non-hydrogen) atoms. The zero-order valence-electron chi connectivity index (χ0n) is 10.2. The van der Waals surface area contributed by atoms with E-state index in [1.165, 1.54) is 7.11 Å². The maximum Gasteiger partial charge on any atom is 0.337 e. The lowest BCUT2D eigenvalue weighted by molar-refractivity contribution is 0.0600. The lowest BCUT2D eigenvalue weighted by atomic mass is 9.98. The molecule has 2 heterocycles. The molecule has 0 bridgehead atoms. The van der Waals surface area contributed by atoms with Crippen molar-refractivity contribution in [3.05, 3.63) is 29.3 Å². The molecule has 5 heteroatoms. The van der Waals surface area contributed by atoms with Crippen molar-refractivity contribution in [3.8, 4) is 0 Å². The van der Waals surface area contributed by atoms with Gasteiger partial charge in [0.25, 0.3) is 0 Å². The van der Waals surface area contributed by atoms with Crippen LogP contribution in [-0.2, 0) is 4.74 Å². The molecule has 2 N–H and O–H groups in total. The third kappa shape index (κ3) is 1.54. The minimum absolute atomic E-state index is 0.252. The fourth-order valence-corrected chi connectivity index (χ4v) is 2.72. The molecule has 1 aromatic carbocycles. The molecular weight excluding hydrogens is 230 g/mol. The van der Waals surface area contributed by atoms with Crippen molar-refractivity contribution >= 4 is 17.6 Å². The van der Waals surface area contributed by atoms with Crippen LogP contribution in [0.5, 0.6) is 0 Å². The summed E-state index contributed by atoms with van der Waals surface area (Å²) in [6.45, 7) is 0.932. The molecule has 2 aliphatic rings. The van der Waals surface area contributed by atoms with Gasteiger partial charge in [-0.2, -0.15) is 0 Å². The van der Waals surface area contributed by atoms with Gasteiger partial charge in [-0.25, -0.2) is 9.79 Å². The summed E-state index contributed by atoms with van der Waals surface area (Å²) in [4.78, 5) is 18.0. The van der Waals surface area contributed by atoms with Crippen LogP contribution in [0.4, 0.5) is 5.69 Å². The molecule has 0 saturated carbocycles. The molecule has 1 atom stereocenters. The lowest BCUT2D eigenvalue weighted by Crippen LogP contribution is -2.38. The van der Waals surface area contributed by atoms with Gasteiger partial charge in [-0.15, -0.1) is 0 Å². The van der Waals surface area contributed by atoms with Gasteiger partial charge in [0.15, 0.2) is 5.96 Å². The number of methoxy groups -OCH3 is 1. The molecule has 3 rings (SSSR count). The van der Waals surface area contributed by atoms with E-state index in [0.29, 0.717) is 11.5 Å². The van der Waals surface area contributed by atoms with Crippen LogP contribution in [0.2, 0.25) is 0 Å². The third-order valence-electron chi connectivity index (χ3n) is 3.59. The number of esters is 1. The number of fused-ring (bicyclic) bond motifs is 3. The summed E-state index contributed by atoms with van der Waals surface area (Å²) in [6.07, 6.45) is 2.15. The summed E-state index contributed by atoms with van der Waals surface area (Å²) in [7, 11) is 1.39. The van der Waals surface area contributed by atoms with Crippen molar-refractivity contribution < 1.29 is 9.53 Å². The van der Waals surface area contributed by atoms with Crippen LogP contribution in [0.1, 0.15) is 34.8 Å². The Morgan fingerprint density at radius 1 is 1.56 bits per heavy atom. The topological polar surface area (TPSA) is 67.9 Å². The molecule has 0 aliphatic carbocycles. The first-order valence-electron chi connectivity index (χ1n) is 6.04. The minimum atomic E-state index is -0.315. The molecule has 2 aliphatic heterocycles. The molecule has 1 fully saturated rings. The minimum Gasteiger partial charge on any atom is -0.465 e. The number of nitrogens with zero attached hydrogens (tertiary/aromatic N) is 2. The Hall–Kier alpha value is -2.04. The second-order valence-corrected chi connectivity index (χ2v) is 4.59. The smallest absolute Gasteiger partial charge is 0.337 e. The first-order chi connectivity index (χ1) is 8.70. The molecule has 0 spiro atoms. The van der Waals surface area contributed by atoms with Gasteiger partial charge in [-0.1, -0.05) is 0 Å². The Kier molecular flexibility index (Phi) is 2.47. The van der Waals surface area contributed by atoms with Crippen molar-refractivity contribution in [1.82, 2.24) is 4.90 Å². The third-order valence-corrected chi connectivity index (χ3v) is 3.59. The van der Waals surface area contributed by atoms with Crippen LogP contribution >= 0.6 is 0 Å². The fraction of sp³-hybridized carbons (Fsp3) is 0.385. The standard InChI is InChI=1S/C13H15N3O2/c1-18-12(17)8-4-5-10-9(7-8)11-3-2-6-16(11)13(14)15-10/h4-5,7,11H,2-3,6H2,1H3,(H2,14,15)/t11-/m1/s1. The number of hydrogen-bond acceptors (Lipinski definition) is 5. The second-order valence-electron chi connectivity index (χ2n) is 4.59. The monoisotopic (exact) mass is 245 g/mol. The normalized spacial score (nSPS) is 21.1. The summed E-state index contributed by atoms with van der Waals surface area (Å²) in [5.41, 5.74) is 8.45. The average molecular weight is 245 g/mol. The van der Waals surface area contributed by atoms with Gasteiger partial charge in [0.2, 0.25) is 0 Å². The SMILES string of the molecule is COC(=O)c1ccc2c(c1)[C@H]1CCCN1C(N)=N2. The highest BCUT2D eigenvalue weighted by Gasteiger charge is 2.33. The van der Waals surface area contributed by atoms with Crippen LogP contribution in [-0.4, -0.2) is 30.5 Å². The highest BCUT2D eigenvalue weighted by molar-refractivity contribution is 5.91. The van der Waals surface area contributed by atoms with Gasteiger partial charge in [-0.05, 0) is 31.0 Å². The van der Waals surface area contributed by atoms with Crippen molar-refractivity contribution in [2.75, 3.05) is 13.7 Å². The number of ether oxygens (including phenoxy) is 1. The summed E-state index contributed by atoms with van der Waals surface area (Å²) in [6, 6.07) is 5.69. The zero-order chi connectivity index (χ0) is 12.7. The van der Waals surface area contributed by atoms with E-state index < -0.39 is 0 Å². The van der Waals surface area contributed by atoms with Crippen molar-refractivity contribution in [1.29, 1.82) is 0 Å². The van der Waals surface area contributed by atoms with Gasteiger partial charge >= 0.3 is 5.97 Å². The fourth-order valence-electron chi connectivity index (χ4n) is 2.72. The Labute approximate surface area is 105 Å². The summed E-state index contributed by atoms with van der Waals surface area (Å²) in [5, 5.41) is 0. The Morgan fingerprint density at radius 3 is 3.17 bits per heavy atom. The van der Waals surface area contributed by atoms with Crippen LogP contribution in [0.25, 0.3) is 0 Å². The maximum atomic E-state index is 11.6. The number of guanidine groups is 1. The van der Waals surface area contributed by atoms with Gasteiger partial charge in [0, 0.05) is 12.1 Å². The molecular formula is C13H15N3O2. The van der Waals surface area contributed by atoms with Crippen LogP contribution in [0, 0.1) is 0 Å². The van der Waals surface area contributed by atoms with E-state index in [-0.39, 0.29) is 12.0 Å². The van der Waals surface area contributed by atoms with E-state index in [2.05, 4.69) is 9.89 Å². The van der Waals surface area contributed by atoms with Gasteiger partial charge in [0.1, 0.15) is 0 Å². The number of hydrogen-bond donors (Lipinski definition) is 1. The molecule has 94 valence electrons. The number of nitrogens with two attached hydrogens (primary N) is 1. The van der Waals surface area contributed by atoms with Gasteiger partial charge < -0.3 is 15.4 Å². The maximum absolute atomic E-state index is 11.6. The zero-order valence-corrected chi connectivity index (χ0v) is 10.2. The quantitative estimate of drug-likeness (QED) is 0.762. The van der Waals surface area contributed by atoms with Gasteiger partial charge in [0.05, 0.1) is 24.4 Å². The van der Waals surface area contributed by atoms with Crippen LogP contribution < -0.4 is 5.73 Å². The highest BCUT2D eigenvalue weighted by atomic mass is 16.5. The predicted molar refractivity (Wildman–Crippen MR) is 67.7 cm³/mol. The molecule has 0 radical (unpaired) electrons. The number of carbonyl (C=O) groups is 1. The Morgan fingerprint density at radius 2 is 2.39 bits per heavy atom. The number of aliphatic imine (C=N–C) groups is 1. The van der Waals surface area contributed by atoms with E-state index in [1.54, 1.807) is 6.07 Å². The van der Waals surface area contributed by atoms with E-state index in [9.17, 15) is 4.79 Å². The number of benzene rings is 1. The molecule has 5 nitrogen and oxygen atoms in total.